The molecule has 0 bridgehead atoms. The van der Waals surface area contributed by atoms with E-state index in [1.165, 1.54) is 18.1 Å². The topological polar surface area (TPSA) is 105 Å². The van der Waals surface area contributed by atoms with Gasteiger partial charge in [-0.05, 0) is 60.9 Å². The summed E-state index contributed by atoms with van der Waals surface area (Å²) in [5, 5.41) is 2.90. The number of anilines is 2. The first-order valence-corrected chi connectivity index (χ1v) is 15.3. The second kappa shape index (κ2) is 13.0. The number of aryl methyl sites for hydroxylation is 1. The zero-order chi connectivity index (χ0) is 30.4. The quantitative estimate of drug-likeness (QED) is 0.291. The molecule has 0 fully saturated rings. The first-order chi connectivity index (χ1) is 20.8. The Morgan fingerprint density at radius 3 is 2.35 bits per heavy atom. The zero-order valence-electron chi connectivity index (χ0n) is 24.0. The second-order valence-corrected chi connectivity index (χ2v) is 11.9. The molecular formula is C33H33N3O6S. The van der Waals surface area contributed by atoms with Crippen molar-refractivity contribution in [1.82, 2.24) is 5.32 Å². The molecule has 4 aromatic rings. The number of hydrogen-bond acceptors (Lipinski definition) is 6. The van der Waals surface area contributed by atoms with Gasteiger partial charge in [0, 0.05) is 6.54 Å². The van der Waals surface area contributed by atoms with Crippen molar-refractivity contribution in [3.05, 3.63) is 114 Å². The smallest absolute Gasteiger partial charge is 0.268 e. The molecule has 0 radical (unpaired) electrons. The van der Waals surface area contributed by atoms with Crippen molar-refractivity contribution in [3.63, 3.8) is 0 Å². The summed E-state index contributed by atoms with van der Waals surface area (Å²) < 4.78 is 40.7. The third-order valence-electron chi connectivity index (χ3n) is 7.13. The summed E-state index contributed by atoms with van der Waals surface area (Å²) in [5.41, 5.74) is 2.58. The van der Waals surface area contributed by atoms with Gasteiger partial charge in [-0.15, -0.1) is 0 Å². The van der Waals surface area contributed by atoms with Gasteiger partial charge in [0.1, 0.15) is 22.9 Å². The monoisotopic (exact) mass is 599 g/mol. The minimum absolute atomic E-state index is 0.0512. The Balaban J connectivity index is 1.41. The van der Waals surface area contributed by atoms with Crippen LogP contribution in [-0.2, 0) is 26.0 Å². The van der Waals surface area contributed by atoms with Gasteiger partial charge in [0.25, 0.3) is 15.9 Å². The van der Waals surface area contributed by atoms with E-state index in [2.05, 4.69) is 5.32 Å². The van der Waals surface area contributed by atoms with E-state index < -0.39 is 28.6 Å². The molecule has 222 valence electrons. The third kappa shape index (κ3) is 6.65. The SMILES string of the molecule is COc1ccc(C)cc1S(=O)(=O)N(CC(=O)N1CC(C(=O)NCCc2ccccc2)Oc2ccccc21)c1ccccc1. The van der Waals surface area contributed by atoms with Crippen LogP contribution in [-0.4, -0.2) is 53.1 Å². The Morgan fingerprint density at radius 1 is 0.953 bits per heavy atom. The van der Waals surface area contributed by atoms with Crippen LogP contribution in [0.5, 0.6) is 11.5 Å². The molecule has 5 rings (SSSR count). The lowest BCUT2D eigenvalue weighted by Crippen LogP contribution is -2.53. The third-order valence-corrected chi connectivity index (χ3v) is 8.93. The van der Waals surface area contributed by atoms with E-state index in [4.69, 9.17) is 9.47 Å². The number of nitrogens with one attached hydrogen (secondary N) is 1. The number of carbonyl (C=O) groups is 2. The number of benzene rings is 4. The molecular weight excluding hydrogens is 566 g/mol. The van der Waals surface area contributed by atoms with Gasteiger partial charge in [0.2, 0.25) is 5.91 Å². The zero-order valence-corrected chi connectivity index (χ0v) is 24.8. The molecule has 0 saturated carbocycles. The van der Waals surface area contributed by atoms with Crippen LogP contribution < -0.4 is 24.0 Å². The molecule has 9 nitrogen and oxygen atoms in total. The van der Waals surface area contributed by atoms with Gasteiger partial charge in [-0.2, -0.15) is 0 Å². The van der Waals surface area contributed by atoms with Crippen molar-refractivity contribution in [2.75, 3.05) is 35.9 Å². The molecule has 2 amide bonds. The average Bonchev–Trinajstić information content (AvgIpc) is 3.03. The van der Waals surface area contributed by atoms with E-state index in [9.17, 15) is 18.0 Å². The van der Waals surface area contributed by atoms with Gasteiger partial charge in [0.15, 0.2) is 6.10 Å². The van der Waals surface area contributed by atoms with Crippen LogP contribution in [0.15, 0.2) is 108 Å². The summed E-state index contributed by atoms with van der Waals surface area (Å²) >= 11 is 0. The minimum Gasteiger partial charge on any atom is -0.495 e. The fraction of sp³-hybridized carbons (Fsp3) is 0.212. The number of carbonyl (C=O) groups excluding carboxylic acids is 2. The van der Waals surface area contributed by atoms with Gasteiger partial charge >= 0.3 is 0 Å². The summed E-state index contributed by atoms with van der Waals surface area (Å²) in [6.45, 7) is 1.59. The van der Waals surface area contributed by atoms with Gasteiger partial charge in [0.05, 0.1) is 25.0 Å². The summed E-state index contributed by atoms with van der Waals surface area (Å²) in [6.07, 6.45) is -0.335. The van der Waals surface area contributed by atoms with E-state index in [0.29, 0.717) is 30.1 Å². The highest BCUT2D eigenvalue weighted by atomic mass is 32.2. The average molecular weight is 600 g/mol. The number of para-hydroxylation sites is 3. The van der Waals surface area contributed by atoms with Gasteiger partial charge in [-0.25, -0.2) is 8.42 Å². The van der Waals surface area contributed by atoms with Crippen molar-refractivity contribution < 1.29 is 27.5 Å². The standard InChI is InChI=1S/C33H33N3O6S/c1-24-17-18-29(41-2)31(21-24)43(39,40)36(26-13-7-4-8-14-26)23-32(37)35-22-30(42-28-16-10-9-15-27(28)35)33(38)34-20-19-25-11-5-3-6-12-25/h3-18,21,30H,19-20,22-23H2,1-2H3,(H,34,38). The predicted molar refractivity (Wildman–Crippen MR) is 165 cm³/mol. The molecule has 1 aliphatic heterocycles. The molecule has 1 unspecified atom stereocenters. The molecule has 43 heavy (non-hydrogen) atoms. The van der Waals surface area contributed by atoms with E-state index in [-0.39, 0.29) is 23.1 Å². The molecule has 4 aromatic carbocycles. The number of methoxy groups -OCH3 is 1. The molecule has 1 atom stereocenters. The fourth-order valence-corrected chi connectivity index (χ4v) is 6.57. The molecule has 0 aromatic heterocycles. The first kappa shape index (κ1) is 29.7. The van der Waals surface area contributed by atoms with Crippen molar-refractivity contribution in [2.24, 2.45) is 0 Å². The Hall–Kier alpha value is -4.83. The van der Waals surface area contributed by atoms with Gasteiger partial charge in [-0.1, -0.05) is 66.7 Å². The number of ether oxygens (including phenoxy) is 2. The van der Waals surface area contributed by atoms with Crippen molar-refractivity contribution in [1.29, 1.82) is 0 Å². The minimum atomic E-state index is -4.25. The number of rotatable bonds is 10. The normalized spacial score (nSPS) is 14.3. The molecule has 0 aliphatic carbocycles. The number of nitrogens with zero attached hydrogens (tertiary/aromatic N) is 2. The van der Waals surface area contributed by atoms with Gasteiger partial charge in [-0.3, -0.25) is 13.9 Å². The lowest BCUT2D eigenvalue weighted by atomic mass is 10.1. The Morgan fingerprint density at radius 2 is 1.63 bits per heavy atom. The molecule has 10 heteroatoms. The largest absolute Gasteiger partial charge is 0.495 e. The van der Waals surface area contributed by atoms with Crippen molar-refractivity contribution in [3.8, 4) is 11.5 Å². The number of fused-ring (bicyclic) bond motifs is 1. The Kier molecular flexibility index (Phi) is 8.96. The highest BCUT2D eigenvalue weighted by molar-refractivity contribution is 7.93. The summed E-state index contributed by atoms with van der Waals surface area (Å²) in [6, 6.07) is 30.0. The van der Waals surface area contributed by atoms with Crippen LogP contribution in [0.1, 0.15) is 11.1 Å². The van der Waals surface area contributed by atoms with Crippen molar-refractivity contribution in [2.45, 2.75) is 24.3 Å². The highest BCUT2D eigenvalue weighted by Gasteiger charge is 2.37. The molecule has 1 N–H and O–H groups in total. The molecule has 1 aliphatic rings. The van der Waals surface area contributed by atoms with Crippen LogP contribution in [0.2, 0.25) is 0 Å². The van der Waals surface area contributed by atoms with Crippen LogP contribution in [0.4, 0.5) is 11.4 Å². The number of amides is 2. The van der Waals surface area contributed by atoms with E-state index in [1.807, 2.05) is 30.3 Å². The maximum Gasteiger partial charge on any atom is 0.268 e. The molecule has 0 saturated heterocycles. The van der Waals surface area contributed by atoms with Crippen molar-refractivity contribution >= 4 is 33.2 Å². The summed E-state index contributed by atoms with van der Waals surface area (Å²) in [5.74, 6) is -0.347. The predicted octanol–water partition coefficient (Wildman–Crippen LogP) is 4.35. The first-order valence-electron chi connectivity index (χ1n) is 13.9. The second-order valence-electron chi connectivity index (χ2n) is 10.1. The fourth-order valence-electron chi connectivity index (χ4n) is 4.92. The van der Waals surface area contributed by atoms with Gasteiger partial charge < -0.3 is 19.7 Å². The van der Waals surface area contributed by atoms with Crippen LogP contribution in [0.25, 0.3) is 0 Å². The Labute approximate surface area is 251 Å². The number of hydrogen-bond donors (Lipinski definition) is 1. The maximum absolute atomic E-state index is 14.1. The summed E-state index contributed by atoms with van der Waals surface area (Å²) in [4.78, 5) is 28.5. The number of sulfonamides is 1. The van der Waals surface area contributed by atoms with E-state index in [1.54, 1.807) is 73.7 Å². The lowest BCUT2D eigenvalue weighted by molar-refractivity contribution is -0.128. The van der Waals surface area contributed by atoms with Crippen LogP contribution >= 0.6 is 0 Å². The van der Waals surface area contributed by atoms with Crippen LogP contribution in [0, 0.1) is 6.92 Å². The Bertz CT molecular complexity index is 1700. The highest BCUT2D eigenvalue weighted by Crippen LogP contribution is 2.35. The van der Waals surface area contributed by atoms with E-state index in [0.717, 1.165) is 15.4 Å². The van der Waals surface area contributed by atoms with Crippen LogP contribution in [0.3, 0.4) is 0 Å². The maximum atomic E-state index is 14.1. The lowest BCUT2D eigenvalue weighted by Gasteiger charge is -2.35. The summed E-state index contributed by atoms with van der Waals surface area (Å²) in [7, 11) is -2.85. The molecule has 1 heterocycles. The van der Waals surface area contributed by atoms with E-state index >= 15 is 0 Å². The molecule has 0 spiro atoms.